The fraction of sp³-hybridized carbons (Fsp3) is 0.350. The number of halogens is 3. The Morgan fingerprint density at radius 1 is 0.966 bits per heavy atom. The lowest BCUT2D eigenvalue weighted by atomic mass is 10.1. The summed E-state index contributed by atoms with van der Waals surface area (Å²) >= 11 is 1.53. The van der Waals surface area contributed by atoms with Crippen molar-refractivity contribution in [3.8, 4) is 0 Å². The van der Waals surface area contributed by atoms with Crippen LogP contribution in [0.4, 0.5) is 13.2 Å². The van der Waals surface area contributed by atoms with E-state index in [1.807, 2.05) is 19.9 Å². The van der Waals surface area contributed by atoms with Crippen LogP contribution in [0.15, 0.2) is 30.3 Å². The smallest absolute Gasteiger partial charge is 0.354 e. The van der Waals surface area contributed by atoms with Crippen LogP contribution in [0.1, 0.15) is 48.9 Å². The maximum atomic E-state index is 12.5. The summed E-state index contributed by atoms with van der Waals surface area (Å²) < 4.78 is 37.5. The SMILES string of the molecule is Cc1cc(C(=O)CCC(=O)NCCNC(=O)c2ccc(C(F)(F)F)cc2)c(C)s1. The van der Waals surface area contributed by atoms with Crippen LogP contribution in [0, 0.1) is 13.8 Å². The number of alkyl halides is 3. The topological polar surface area (TPSA) is 75.3 Å². The molecule has 0 aliphatic carbocycles. The van der Waals surface area contributed by atoms with Gasteiger partial charge in [-0.25, -0.2) is 0 Å². The average Bonchev–Trinajstić information content (AvgIpc) is 3.00. The van der Waals surface area contributed by atoms with Gasteiger partial charge in [-0.2, -0.15) is 13.2 Å². The van der Waals surface area contributed by atoms with E-state index in [1.54, 1.807) is 0 Å². The van der Waals surface area contributed by atoms with Crippen molar-refractivity contribution in [2.45, 2.75) is 32.9 Å². The summed E-state index contributed by atoms with van der Waals surface area (Å²) in [5.74, 6) is -0.934. The van der Waals surface area contributed by atoms with Crippen LogP contribution < -0.4 is 10.6 Å². The minimum Gasteiger partial charge on any atom is -0.354 e. The minimum absolute atomic E-state index is 0.0417. The highest BCUT2D eigenvalue weighted by molar-refractivity contribution is 7.12. The fourth-order valence-corrected chi connectivity index (χ4v) is 3.59. The number of aryl methyl sites for hydroxylation is 2. The molecule has 0 saturated carbocycles. The van der Waals surface area contributed by atoms with Crippen LogP contribution in [0.25, 0.3) is 0 Å². The lowest BCUT2D eigenvalue weighted by molar-refractivity contribution is -0.137. The normalized spacial score (nSPS) is 11.2. The van der Waals surface area contributed by atoms with E-state index in [0.29, 0.717) is 5.56 Å². The Morgan fingerprint density at radius 2 is 1.59 bits per heavy atom. The molecule has 29 heavy (non-hydrogen) atoms. The largest absolute Gasteiger partial charge is 0.416 e. The van der Waals surface area contributed by atoms with Crippen molar-refractivity contribution in [3.05, 3.63) is 56.8 Å². The maximum absolute atomic E-state index is 12.5. The van der Waals surface area contributed by atoms with Gasteiger partial charge in [-0.15, -0.1) is 11.3 Å². The summed E-state index contributed by atoms with van der Waals surface area (Å²) in [4.78, 5) is 37.9. The first-order chi connectivity index (χ1) is 13.6. The number of carbonyl (C=O) groups is 3. The van der Waals surface area contributed by atoms with E-state index in [9.17, 15) is 27.6 Å². The van der Waals surface area contributed by atoms with Crippen molar-refractivity contribution in [1.82, 2.24) is 10.6 Å². The minimum atomic E-state index is -4.46. The molecule has 2 amide bonds. The third-order valence-corrected chi connectivity index (χ3v) is 5.09. The molecule has 0 radical (unpaired) electrons. The fourth-order valence-electron chi connectivity index (χ4n) is 2.65. The van der Waals surface area contributed by atoms with Gasteiger partial charge in [0.25, 0.3) is 5.91 Å². The highest BCUT2D eigenvalue weighted by Gasteiger charge is 2.30. The standard InChI is InChI=1S/C20H21F3N2O3S/c1-12-11-16(13(2)29-12)17(26)7-8-18(27)24-9-10-25-19(28)14-3-5-15(6-4-14)20(21,22)23/h3-6,11H,7-10H2,1-2H3,(H,24,27)(H,25,28). The Labute approximate surface area is 170 Å². The molecule has 2 N–H and O–H groups in total. The Hall–Kier alpha value is -2.68. The van der Waals surface area contributed by atoms with Crippen molar-refractivity contribution in [3.63, 3.8) is 0 Å². The molecule has 1 heterocycles. The van der Waals surface area contributed by atoms with E-state index in [2.05, 4.69) is 10.6 Å². The third-order valence-electron chi connectivity index (χ3n) is 4.13. The second-order valence-electron chi connectivity index (χ2n) is 6.43. The number of carbonyl (C=O) groups excluding carboxylic acids is 3. The van der Waals surface area contributed by atoms with Crippen LogP contribution in [0.5, 0.6) is 0 Å². The number of hydrogen-bond acceptors (Lipinski definition) is 4. The second kappa shape index (κ2) is 9.69. The van der Waals surface area contributed by atoms with E-state index < -0.39 is 17.6 Å². The van der Waals surface area contributed by atoms with Gasteiger partial charge >= 0.3 is 6.18 Å². The molecule has 1 aromatic heterocycles. The molecule has 0 fully saturated rings. The van der Waals surface area contributed by atoms with Crippen LogP contribution in [0.2, 0.25) is 0 Å². The average molecular weight is 426 g/mol. The van der Waals surface area contributed by atoms with E-state index in [-0.39, 0.29) is 43.2 Å². The van der Waals surface area contributed by atoms with Crippen LogP contribution in [0.3, 0.4) is 0 Å². The molecule has 0 aliphatic rings. The first-order valence-corrected chi connectivity index (χ1v) is 9.72. The maximum Gasteiger partial charge on any atom is 0.416 e. The molecular weight excluding hydrogens is 405 g/mol. The molecule has 0 saturated heterocycles. The Bertz CT molecular complexity index is 889. The van der Waals surface area contributed by atoms with E-state index >= 15 is 0 Å². The summed E-state index contributed by atoms with van der Waals surface area (Å²) in [6.45, 7) is 4.04. The highest BCUT2D eigenvalue weighted by atomic mass is 32.1. The summed E-state index contributed by atoms with van der Waals surface area (Å²) in [5, 5.41) is 5.11. The van der Waals surface area contributed by atoms with Crippen LogP contribution in [-0.2, 0) is 11.0 Å². The van der Waals surface area contributed by atoms with Crippen molar-refractivity contribution in [1.29, 1.82) is 0 Å². The lowest BCUT2D eigenvalue weighted by Gasteiger charge is -2.09. The van der Waals surface area contributed by atoms with Crippen LogP contribution >= 0.6 is 11.3 Å². The molecule has 0 spiro atoms. The van der Waals surface area contributed by atoms with Crippen molar-refractivity contribution in [2.24, 2.45) is 0 Å². The molecule has 9 heteroatoms. The van der Waals surface area contributed by atoms with E-state index in [0.717, 1.165) is 34.0 Å². The predicted octanol–water partition coefficient (Wildman–Crippen LogP) is 3.89. The van der Waals surface area contributed by atoms with Gasteiger partial charge < -0.3 is 10.6 Å². The Morgan fingerprint density at radius 3 is 2.14 bits per heavy atom. The molecule has 156 valence electrons. The van der Waals surface area contributed by atoms with Gasteiger partial charge in [0.05, 0.1) is 5.56 Å². The van der Waals surface area contributed by atoms with Crippen molar-refractivity contribution >= 4 is 28.9 Å². The van der Waals surface area contributed by atoms with E-state index in [1.165, 1.54) is 11.3 Å². The molecule has 0 unspecified atom stereocenters. The van der Waals surface area contributed by atoms with Crippen LogP contribution in [-0.4, -0.2) is 30.7 Å². The number of thiophene rings is 1. The quantitative estimate of drug-likeness (QED) is 0.497. The predicted molar refractivity (Wildman–Crippen MR) is 104 cm³/mol. The van der Waals surface area contributed by atoms with Gasteiger partial charge in [0.2, 0.25) is 5.91 Å². The van der Waals surface area contributed by atoms with Gasteiger partial charge in [0, 0.05) is 46.8 Å². The van der Waals surface area contributed by atoms with E-state index in [4.69, 9.17) is 0 Å². The van der Waals surface area contributed by atoms with Gasteiger partial charge in [-0.05, 0) is 44.2 Å². The van der Waals surface area contributed by atoms with Crippen molar-refractivity contribution < 1.29 is 27.6 Å². The Kier molecular flexibility index (Phi) is 7.55. The molecular formula is C20H21F3N2O3S. The molecule has 1 aromatic carbocycles. The molecule has 5 nitrogen and oxygen atoms in total. The number of Topliss-reactive ketones (excluding diaryl/α,β-unsaturated/α-hetero) is 1. The summed E-state index contributed by atoms with van der Waals surface area (Å²) in [7, 11) is 0. The molecule has 0 aliphatic heterocycles. The molecule has 2 rings (SSSR count). The zero-order valence-corrected chi connectivity index (χ0v) is 16.8. The number of rotatable bonds is 8. The number of benzene rings is 1. The molecule has 0 bridgehead atoms. The highest BCUT2D eigenvalue weighted by Crippen LogP contribution is 2.29. The third kappa shape index (κ3) is 6.70. The zero-order chi connectivity index (χ0) is 21.6. The second-order valence-corrected chi connectivity index (χ2v) is 7.89. The molecule has 2 aromatic rings. The van der Waals surface area contributed by atoms with Gasteiger partial charge in [-0.1, -0.05) is 0 Å². The summed E-state index contributed by atoms with van der Waals surface area (Å²) in [5.41, 5.74) is -0.0934. The summed E-state index contributed by atoms with van der Waals surface area (Å²) in [6, 6.07) is 5.68. The summed E-state index contributed by atoms with van der Waals surface area (Å²) in [6.07, 6.45) is -4.32. The number of hydrogen-bond donors (Lipinski definition) is 2. The first kappa shape index (κ1) is 22.6. The van der Waals surface area contributed by atoms with Gasteiger partial charge in [0.1, 0.15) is 0 Å². The number of nitrogens with one attached hydrogen (secondary N) is 2. The first-order valence-electron chi connectivity index (χ1n) is 8.90. The number of amides is 2. The number of ketones is 1. The van der Waals surface area contributed by atoms with Crippen molar-refractivity contribution in [2.75, 3.05) is 13.1 Å². The lowest BCUT2D eigenvalue weighted by Crippen LogP contribution is -2.34. The zero-order valence-electron chi connectivity index (χ0n) is 16.0. The van der Waals surface area contributed by atoms with Gasteiger partial charge in [-0.3, -0.25) is 14.4 Å². The monoisotopic (exact) mass is 426 g/mol. The molecule has 0 atom stereocenters. The Balaban J connectivity index is 1.69. The van der Waals surface area contributed by atoms with Gasteiger partial charge in [0.15, 0.2) is 5.78 Å².